The van der Waals surface area contributed by atoms with Gasteiger partial charge in [-0.25, -0.2) is 18.1 Å². The number of aryl methyl sites for hydroxylation is 1. The van der Waals surface area contributed by atoms with Crippen molar-refractivity contribution in [3.05, 3.63) is 29.6 Å². The summed E-state index contributed by atoms with van der Waals surface area (Å²) < 4.78 is 34.7. The van der Waals surface area contributed by atoms with Gasteiger partial charge in [0.2, 0.25) is 12.3 Å². The van der Waals surface area contributed by atoms with Crippen LogP contribution >= 0.6 is 0 Å². The Labute approximate surface area is 222 Å². The van der Waals surface area contributed by atoms with Crippen molar-refractivity contribution in [1.29, 1.82) is 0 Å². The molecule has 6 rings (SSSR count). The minimum absolute atomic E-state index is 0.0113. The Morgan fingerprint density at radius 2 is 1.87 bits per heavy atom. The average molecular weight is 545 g/mol. The molecule has 3 aromatic heterocycles. The molecule has 0 bridgehead atoms. The average Bonchev–Trinajstić information content (AvgIpc) is 3.86. The zero-order valence-corrected chi connectivity index (χ0v) is 21.4. The standard InChI is InChI=1S/C24H30F2N10O3/c1-12-20(32-39-31-12)23(37)29-21(19(14-4-5-14)15-6-7-15)24(38)28-16-9-27-35(11-16)17(8-18(25)26)22-30-33-34-36(22)10-13-2-3-13/h9,11,13-15,17-19,21H,2-8,10H2,1H3,(H,28,38)(H,29,37)/t17?,21-/m0/s1. The van der Waals surface area contributed by atoms with Gasteiger partial charge in [0.15, 0.2) is 11.5 Å². The zero-order valence-electron chi connectivity index (χ0n) is 21.4. The molecule has 39 heavy (non-hydrogen) atoms. The second-order valence-corrected chi connectivity index (χ2v) is 10.9. The van der Waals surface area contributed by atoms with E-state index in [1.165, 1.54) is 17.1 Å². The third-order valence-electron chi connectivity index (χ3n) is 7.73. The number of rotatable bonds is 13. The summed E-state index contributed by atoms with van der Waals surface area (Å²) in [4.78, 5) is 26.6. The maximum absolute atomic E-state index is 13.6. The van der Waals surface area contributed by atoms with Crippen LogP contribution in [0.4, 0.5) is 14.5 Å². The van der Waals surface area contributed by atoms with E-state index < -0.39 is 36.7 Å². The van der Waals surface area contributed by atoms with E-state index in [2.05, 4.69) is 46.2 Å². The van der Waals surface area contributed by atoms with Gasteiger partial charge in [0.1, 0.15) is 17.8 Å². The topological polar surface area (TPSA) is 159 Å². The summed E-state index contributed by atoms with van der Waals surface area (Å²) >= 11 is 0. The fraction of sp³-hybridized carbons (Fsp3) is 0.667. The molecule has 3 saturated carbocycles. The van der Waals surface area contributed by atoms with E-state index in [4.69, 9.17) is 0 Å². The van der Waals surface area contributed by atoms with Gasteiger partial charge in [-0.2, -0.15) is 5.10 Å². The van der Waals surface area contributed by atoms with E-state index in [-0.39, 0.29) is 11.6 Å². The molecule has 0 aliphatic heterocycles. The summed E-state index contributed by atoms with van der Waals surface area (Å²) in [5, 5.41) is 29.0. The van der Waals surface area contributed by atoms with Crippen molar-refractivity contribution in [3.63, 3.8) is 0 Å². The van der Waals surface area contributed by atoms with Crippen molar-refractivity contribution in [3.8, 4) is 0 Å². The lowest BCUT2D eigenvalue weighted by atomic mass is 9.88. The number of hydrogen-bond acceptors (Lipinski definition) is 9. The predicted molar refractivity (Wildman–Crippen MR) is 129 cm³/mol. The molecule has 208 valence electrons. The van der Waals surface area contributed by atoms with E-state index in [1.54, 1.807) is 11.6 Å². The maximum atomic E-state index is 13.6. The summed E-state index contributed by atoms with van der Waals surface area (Å²) in [6, 6.07) is -1.71. The molecule has 0 saturated heterocycles. The fourth-order valence-electron chi connectivity index (χ4n) is 5.29. The summed E-state index contributed by atoms with van der Waals surface area (Å²) in [5.74, 6) is 0.513. The van der Waals surface area contributed by atoms with Gasteiger partial charge in [0, 0.05) is 19.2 Å². The van der Waals surface area contributed by atoms with Crippen molar-refractivity contribution >= 4 is 17.5 Å². The quantitative estimate of drug-likeness (QED) is 0.329. The highest BCUT2D eigenvalue weighted by Gasteiger charge is 2.48. The smallest absolute Gasteiger partial charge is 0.276 e. The van der Waals surface area contributed by atoms with Gasteiger partial charge < -0.3 is 10.6 Å². The number of halogens is 2. The SMILES string of the molecule is Cc1nonc1C(=O)N[C@H](C(=O)Nc1cnn(C(CC(F)F)c2nnnn2CC2CC2)c1)C(C1CC1)C1CC1. The molecule has 0 aromatic carbocycles. The Kier molecular flexibility index (Phi) is 6.81. The molecule has 1 unspecified atom stereocenters. The lowest BCUT2D eigenvalue weighted by molar-refractivity contribution is -0.119. The Balaban J connectivity index is 1.21. The van der Waals surface area contributed by atoms with Crippen LogP contribution in [0.3, 0.4) is 0 Å². The number of aromatic nitrogens is 8. The Hall–Kier alpha value is -3.78. The van der Waals surface area contributed by atoms with Crippen molar-refractivity contribution < 1.29 is 23.0 Å². The van der Waals surface area contributed by atoms with E-state index in [9.17, 15) is 18.4 Å². The molecule has 0 radical (unpaired) electrons. The van der Waals surface area contributed by atoms with Crippen LogP contribution in [0.5, 0.6) is 0 Å². The third-order valence-corrected chi connectivity index (χ3v) is 7.73. The number of alkyl halides is 2. The van der Waals surface area contributed by atoms with Crippen LogP contribution in [0, 0.1) is 30.6 Å². The zero-order chi connectivity index (χ0) is 27.1. The van der Waals surface area contributed by atoms with Gasteiger partial charge in [-0.05, 0) is 84.7 Å². The van der Waals surface area contributed by atoms with Crippen LogP contribution in [-0.2, 0) is 11.3 Å². The van der Waals surface area contributed by atoms with Gasteiger partial charge >= 0.3 is 0 Å². The highest BCUT2D eigenvalue weighted by atomic mass is 19.3. The molecule has 0 spiro atoms. The molecule has 3 aliphatic carbocycles. The van der Waals surface area contributed by atoms with Gasteiger partial charge in [0.05, 0.1) is 11.9 Å². The van der Waals surface area contributed by atoms with Gasteiger partial charge in [0.25, 0.3) is 5.91 Å². The fourth-order valence-corrected chi connectivity index (χ4v) is 5.29. The number of amides is 2. The number of carbonyl (C=O) groups excluding carboxylic acids is 2. The predicted octanol–water partition coefficient (Wildman–Crippen LogP) is 2.39. The van der Waals surface area contributed by atoms with Crippen molar-refractivity contribution in [2.45, 2.75) is 76.9 Å². The number of hydrogen-bond donors (Lipinski definition) is 2. The molecule has 2 amide bonds. The Morgan fingerprint density at radius 3 is 2.49 bits per heavy atom. The second kappa shape index (κ2) is 10.4. The molecule has 3 heterocycles. The minimum atomic E-state index is -2.62. The molecule has 13 nitrogen and oxygen atoms in total. The van der Waals surface area contributed by atoms with E-state index in [0.717, 1.165) is 38.5 Å². The van der Waals surface area contributed by atoms with Crippen LogP contribution in [-0.4, -0.2) is 64.6 Å². The van der Waals surface area contributed by atoms with Crippen LogP contribution in [0.2, 0.25) is 0 Å². The second-order valence-electron chi connectivity index (χ2n) is 10.9. The normalized spacial score (nSPS) is 18.9. The van der Waals surface area contributed by atoms with E-state index in [1.807, 2.05) is 0 Å². The van der Waals surface area contributed by atoms with Crippen LogP contribution in [0.15, 0.2) is 17.0 Å². The highest BCUT2D eigenvalue weighted by molar-refractivity contribution is 6.00. The molecular formula is C24H30F2N10O3. The van der Waals surface area contributed by atoms with E-state index in [0.29, 0.717) is 41.5 Å². The largest absolute Gasteiger partial charge is 0.338 e. The monoisotopic (exact) mass is 544 g/mol. The number of carbonyl (C=O) groups is 2. The molecule has 2 atom stereocenters. The summed E-state index contributed by atoms with van der Waals surface area (Å²) in [6.45, 7) is 2.17. The lowest BCUT2D eigenvalue weighted by Crippen LogP contribution is -2.50. The molecule has 3 aromatic rings. The first kappa shape index (κ1) is 25.5. The van der Waals surface area contributed by atoms with Crippen LogP contribution in [0.1, 0.15) is 73.0 Å². The Bertz CT molecular complexity index is 1310. The molecule has 3 fully saturated rings. The third kappa shape index (κ3) is 5.81. The number of anilines is 1. The summed E-state index contributed by atoms with van der Waals surface area (Å²) in [6.07, 6.45) is 5.90. The van der Waals surface area contributed by atoms with Crippen molar-refractivity contribution in [2.75, 3.05) is 5.32 Å². The minimum Gasteiger partial charge on any atom is -0.338 e. The van der Waals surface area contributed by atoms with Gasteiger partial charge in [-0.1, -0.05) is 5.16 Å². The van der Waals surface area contributed by atoms with Gasteiger partial charge in [-0.3, -0.25) is 14.3 Å². The molecule has 3 aliphatic rings. The lowest BCUT2D eigenvalue weighted by Gasteiger charge is -2.27. The molecule has 15 heteroatoms. The van der Waals surface area contributed by atoms with Gasteiger partial charge in [-0.15, -0.1) is 5.10 Å². The van der Waals surface area contributed by atoms with Crippen LogP contribution < -0.4 is 10.6 Å². The molecule has 2 N–H and O–H groups in total. The van der Waals surface area contributed by atoms with Crippen molar-refractivity contribution in [1.82, 2.24) is 45.6 Å². The van der Waals surface area contributed by atoms with Crippen molar-refractivity contribution in [2.24, 2.45) is 23.7 Å². The maximum Gasteiger partial charge on any atom is 0.276 e. The number of tetrazole rings is 1. The first-order valence-corrected chi connectivity index (χ1v) is 13.4. The first-order valence-electron chi connectivity index (χ1n) is 13.4. The first-order chi connectivity index (χ1) is 18.9. The molecular weight excluding hydrogens is 514 g/mol. The number of nitrogens with zero attached hydrogens (tertiary/aromatic N) is 8. The number of nitrogens with one attached hydrogen (secondary N) is 2. The highest BCUT2D eigenvalue weighted by Crippen LogP contribution is 2.51. The summed E-state index contributed by atoms with van der Waals surface area (Å²) in [7, 11) is 0. The van der Waals surface area contributed by atoms with Crippen LogP contribution in [0.25, 0.3) is 0 Å². The summed E-state index contributed by atoms with van der Waals surface area (Å²) in [5.41, 5.74) is 0.686. The Morgan fingerprint density at radius 1 is 1.13 bits per heavy atom. The van der Waals surface area contributed by atoms with E-state index >= 15 is 0 Å².